The highest BCUT2D eigenvalue weighted by atomic mass is 16.5. The number of likely N-dealkylation sites (N-methyl/N-ethyl adjacent to an activating group) is 1. The quantitative estimate of drug-likeness (QED) is 0.720. The first kappa shape index (κ1) is 15.8. The molecule has 0 aromatic heterocycles. The number of ether oxygens (including phenoxy) is 2. The van der Waals surface area contributed by atoms with Gasteiger partial charge in [-0.3, -0.25) is 0 Å². The van der Waals surface area contributed by atoms with E-state index in [1.165, 1.54) is 0 Å². The third-order valence-electron chi connectivity index (χ3n) is 3.17. The molecule has 1 aromatic carbocycles. The minimum Gasteiger partial charge on any atom is -0.494 e. The Morgan fingerprint density at radius 1 is 1.11 bits per heavy atom. The Kier molecular flexibility index (Phi) is 6.67. The molecule has 0 aliphatic carbocycles. The van der Waals surface area contributed by atoms with Crippen LogP contribution in [0.5, 0.6) is 11.5 Å². The number of hydrogen-bond donors (Lipinski definition) is 2. The van der Waals surface area contributed by atoms with Crippen LogP contribution in [0.2, 0.25) is 0 Å². The molecule has 1 atom stereocenters. The van der Waals surface area contributed by atoms with Gasteiger partial charge in [-0.2, -0.15) is 0 Å². The second-order valence-electron chi connectivity index (χ2n) is 4.89. The van der Waals surface area contributed by atoms with Crippen LogP contribution in [0.25, 0.3) is 0 Å². The summed E-state index contributed by atoms with van der Waals surface area (Å²) in [5.41, 5.74) is -0.288. The maximum Gasteiger partial charge on any atom is 0.119 e. The van der Waals surface area contributed by atoms with Gasteiger partial charge in [-0.15, -0.1) is 0 Å². The van der Waals surface area contributed by atoms with E-state index in [1.54, 1.807) is 0 Å². The Labute approximate surface area is 115 Å². The summed E-state index contributed by atoms with van der Waals surface area (Å²) in [6, 6.07) is 7.63. The fourth-order valence-corrected chi connectivity index (χ4v) is 1.53. The van der Waals surface area contributed by atoms with E-state index in [9.17, 15) is 5.11 Å². The number of aliphatic hydroxyl groups is 1. The summed E-state index contributed by atoms with van der Waals surface area (Å²) in [6.45, 7) is 5.44. The molecule has 19 heavy (non-hydrogen) atoms. The number of nitrogens with one attached hydrogen (secondary N) is 1. The van der Waals surface area contributed by atoms with Crippen LogP contribution < -0.4 is 14.8 Å². The van der Waals surface area contributed by atoms with E-state index in [2.05, 4.69) is 12.2 Å². The lowest BCUT2D eigenvalue weighted by Gasteiger charge is -2.26. The van der Waals surface area contributed by atoms with Crippen molar-refractivity contribution in [2.45, 2.75) is 32.2 Å². The smallest absolute Gasteiger partial charge is 0.119 e. The van der Waals surface area contributed by atoms with E-state index in [-0.39, 0.29) is 12.1 Å². The molecule has 0 saturated carbocycles. The molecule has 0 bridgehead atoms. The summed E-state index contributed by atoms with van der Waals surface area (Å²) in [4.78, 5) is 0. The van der Waals surface area contributed by atoms with Gasteiger partial charge in [-0.25, -0.2) is 0 Å². The van der Waals surface area contributed by atoms with Crippen LogP contribution in [-0.4, -0.2) is 37.5 Å². The number of benzene rings is 1. The summed E-state index contributed by atoms with van der Waals surface area (Å²) in [5, 5.41) is 12.4. The Morgan fingerprint density at radius 2 is 1.63 bits per heavy atom. The van der Waals surface area contributed by atoms with E-state index < -0.39 is 0 Å². The van der Waals surface area contributed by atoms with Gasteiger partial charge in [0.15, 0.2) is 0 Å². The van der Waals surface area contributed by atoms with Crippen LogP contribution in [0.15, 0.2) is 24.3 Å². The first-order valence-corrected chi connectivity index (χ1v) is 6.79. The molecule has 4 heteroatoms. The lowest BCUT2D eigenvalue weighted by molar-refractivity contribution is 0.151. The molecule has 0 radical (unpaired) electrons. The predicted molar refractivity (Wildman–Crippen MR) is 76.9 cm³/mol. The molecule has 4 nitrogen and oxygen atoms in total. The zero-order chi connectivity index (χ0) is 14.1. The molecule has 0 heterocycles. The van der Waals surface area contributed by atoms with E-state index in [4.69, 9.17) is 9.47 Å². The molecule has 108 valence electrons. The normalized spacial score (nSPS) is 13.9. The maximum atomic E-state index is 9.27. The van der Waals surface area contributed by atoms with Crippen molar-refractivity contribution in [3.63, 3.8) is 0 Å². The first-order valence-electron chi connectivity index (χ1n) is 6.79. The number of aliphatic hydroxyl groups excluding tert-OH is 1. The van der Waals surface area contributed by atoms with Gasteiger partial charge in [0.1, 0.15) is 11.5 Å². The van der Waals surface area contributed by atoms with Crippen molar-refractivity contribution in [1.29, 1.82) is 0 Å². The maximum absolute atomic E-state index is 9.27. The molecule has 1 unspecified atom stereocenters. The van der Waals surface area contributed by atoms with Crippen molar-refractivity contribution in [3.05, 3.63) is 24.3 Å². The van der Waals surface area contributed by atoms with Crippen molar-refractivity contribution >= 4 is 0 Å². The fraction of sp³-hybridized carbons (Fsp3) is 0.600. The van der Waals surface area contributed by atoms with E-state index in [0.717, 1.165) is 30.9 Å². The molecule has 1 rings (SSSR count). The molecule has 0 amide bonds. The molecular formula is C15H25NO3. The molecule has 0 saturated heterocycles. The third-order valence-corrected chi connectivity index (χ3v) is 3.17. The number of hydrogen-bond acceptors (Lipinski definition) is 4. The minimum atomic E-state index is -0.288. The van der Waals surface area contributed by atoms with Crippen molar-refractivity contribution in [1.82, 2.24) is 5.32 Å². The van der Waals surface area contributed by atoms with Crippen LogP contribution in [0.4, 0.5) is 0 Å². The van der Waals surface area contributed by atoms with Crippen LogP contribution >= 0.6 is 0 Å². The molecule has 2 N–H and O–H groups in total. The van der Waals surface area contributed by atoms with Gasteiger partial charge in [0.25, 0.3) is 0 Å². The molecule has 0 aliphatic rings. The Morgan fingerprint density at radius 3 is 2.05 bits per heavy atom. The van der Waals surface area contributed by atoms with Crippen molar-refractivity contribution in [2.24, 2.45) is 0 Å². The largest absolute Gasteiger partial charge is 0.494 e. The predicted octanol–water partition coefficient (Wildman–Crippen LogP) is 2.21. The number of rotatable bonds is 9. The minimum absolute atomic E-state index is 0.0939. The van der Waals surface area contributed by atoms with Crippen molar-refractivity contribution in [3.8, 4) is 11.5 Å². The van der Waals surface area contributed by atoms with Crippen LogP contribution in [0.3, 0.4) is 0 Å². The summed E-state index contributed by atoms with van der Waals surface area (Å²) >= 11 is 0. The molecule has 0 spiro atoms. The summed E-state index contributed by atoms with van der Waals surface area (Å²) in [5.74, 6) is 1.69. The fourth-order valence-electron chi connectivity index (χ4n) is 1.53. The van der Waals surface area contributed by atoms with E-state index in [1.807, 2.05) is 38.2 Å². The lowest BCUT2D eigenvalue weighted by atomic mass is 10.0. The van der Waals surface area contributed by atoms with Crippen LogP contribution in [0.1, 0.15) is 26.7 Å². The van der Waals surface area contributed by atoms with Gasteiger partial charge in [0.05, 0.1) is 19.8 Å². The highest BCUT2D eigenvalue weighted by molar-refractivity contribution is 5.31. The SMILES string of the molecule is CCCOc1ccc(OCCC(C)(CO)NC)cc1. The standard InChI is InChI=1S/C15H25NO3/c1-4-10-18-13-5-7-14(8-6-13)19-11-9-15(2,12-17)16-3/h5-8,16-17H,4,9-12H2,1-3H3. The highest BCUT2D eigenvalue weighted by Crippen LogP contribution is 2.18. The Hall–Kier alpha value is -1.26. The van der Waals surface area contributed by atoms with Crippen molar-refractivity contribution in [2.75, 3.05) is 26.9 Å². The van der Waals surface area contributed by atoms with Gasteiger partial charge in [0.2, 0.25) is 0 Å². The van der Waals surface area contributed by atoms with Gasteiger partial charge in [0, 0.05) is 12.0 Å². The third kappa shape index (κ3) is 5.49. The molecule has 0 aliphatic heterocycles. The van der Waals surface area contributed by atoms with E-state index in [0.29, 0.717) is 6.61 Å². The molecule has 1 aromatic rings. The first-order chi connectivity index (χ1) is 9.13. The Balaban J connectivity index is 2.37. The Bertz CT molecular complexity index is 347. The zero-order valence-corrected chi connectivity index (χ0v) is 12.1. The average Bonchev–Trinajstić information content (AvgIpc) is 2.46. The summed E-state index contributed by atoms with van der Waals surface area (Å²) in [7, 11) is 1.84. The van der Waals surface area contributed by atoms with Gasteiger partial charge >= 0.3 is 0 Å². The van der Waals surface area contributed by atoms with Gasteiger partial charge in [-0.05, 0) is 44.7 Å². The van der Waals surface area contributed by atoms with E-state index >= 15 is 0 Å². The monoisotopic (exact) mass is 267 g/mol. The molecule has 0 fully saturated rings. The second-order valence-corrected chi connectivity index (χ2v) is 4.89. The van der Waals surface area contributed by atoms with Crippen molar-refractivity contribution < 1.29 is 14.6 Å². The van der Waals surface area contributed by atoms with Crippen LogP contribution in [-0.2, 0) is 0 Å². The average molecular weight is 267 g/mol. The second kappa shape index (κ2) is 8.02. The topological polar surface area (TPSA) is 50.7 Å². The summed E-state index contributed by atoms with van der Waals surface area (Å²) < 4.78 is 11.2. The lowest BCUT2D eigenvalue weighted by Crippen LogP contribution is -2.44. The van der Waals surface area contributed by atoms with Gasteiger partial charge < -0.3 is 19.9 Å². The zero-order valence-electron chi connectivity index (χ0n) is 12.1. The van der Waals surface area contributed by atoms with Crippen LogP contribution in [0, 0.1) is 0 Å². The van der Waals surface area contributed by atoms with Gasteiger partial charge in [-0.1, -0.05) is 6.92 Å². The molecular weight excluding hydrogens is 242 g/mol. The summed E-state index contributed by atoms with van der Waals surface area (Å²) in [6.07, 6.45) is 1.75. The highest BCUT2D eigenvalue weighted by Gasteiger charge is 2.20.